The lowest BCUT2D eigenvalue weighted by molar-refractivity contribution is -0.128. The lowest BCUT2D eigenvalue weighted by Gasteiger charge is -2.03. The van der Waals surface area contributed by atoms with E-state index in [4.69, 9.17) is 0 Å². The molecule has 0 aromatic rings. The number of carbonyl (C=O) groups excluding carboxylic acids is 2. The zero-order chi connectivity index (χ0) is 18.8. The molecular weight excluding hydrogens is 310 g/mol. The van der Waals surface area contributed by atoms with Crippen molar-refractivity contribution in [3.05, 3.63) is 24.3 Å². The van der Waals surface area contributed by atoms with Gasteiger partial charge >= 0.3 is 0 Å². The minimum absolute atomic E-state index is 0.189. The van der Waals surface area contributed by atoms with Gasteiger partial charge in [0.15, 0.2) is 0 Å². The molecule has 2 amide bonds. The Morgan fingerprint density at radius 2 is 1.28 bits per heavy atom. The standard InChI is InChI=1S/C22H39NO2/c1-4-5-6-7-8-9-10-11-12-13-14-15-16-17-18-19-21(24)23-22(25)20(2)3/h11-12H,2,4-10,13-19H2,1,3H3,(H,23,24,25)/b12-11-. The molecule has 0 aliphatic heterocycles. The summed E-state index contributed by atoms with van der Waals surface area (Å²) in [4.78, 5) is 22.8. The van der Waals surface area contributed by atoms with E-state index in [-0.39, 0.29) is 11.8 Å². The second-order valence-electron chi connectivity index (χ2n) is 6.99. The number of allylic oxidation sites excluding steroid dienone is 2. The molecule has 0 unspecified atom stereocenters. The maximum absolute atomic E-state index is 11.5. The van der Waals surface area contributed by atoms with Crippen molar-refractivity contribution in [3.63, 3.8) is 0 Å². The summed E-state index contributed by atoms with van der Waals surface area (Å²) in [5, 5.41) is 2.34. The molecule has 0 aliphatic rings. The molecule has 1 N–H and O–H groups in total. The van der Waals surface area contributed by atoms with Gasteiger partial charge in [0.1, 0.15) is 0 Å². The third kappa shape index (κ3) is 17.2. The van der Waals surface area contributed by atoms with Gasteiger partial charge in [-0.05, 0) is 39.0 Å². The Kier molecular flexibility index (Phi) is 16.5. The molecule has 3 nitrogen and oxygen atoms in total. The molecular formula is C22H39NO2. The summed E-state index contributed by atoms with van der Waals surface area (Å²) in [7, 11) is 0. The summed E-state index contributed by atoms with van der Waals surface area (Å²) in [5.41, 5.74) is 0.373. The van der Waals surface area contributed by atoms with E-state index >= 15 is 0 Å². The zero-order valence-electron chi connectivity index (χ0n) is 16.6. The summed E-state index contributed by atoms with van der Waals surface area (Å²) >= 11 is 0. The molecule has 0 aliphatic carbocycles. The van der Waals surface area contributed by atoms with Crippen molar-refractivity contribution in [1.82, 2.24) is 5.32 Å². The molecule has 0 spiro atoms. The highest BCUT2D eigenvalue weighted by atomic mass is 16.2. The van der Waals surface area contributed by atoms with Gasteiger partial charge in [0.25, 0.3) is 5.91 Å². The maximum atomic E-state index is 11.5. The highest BCUT2D eigenvalue weighted by Gasteiger charge is 2.07. The molecule has 0 aromatic heterocycles. The van der Waals surface area contributed by atoms with E-state index in [9.17, 15) is 9.59 Å². The van der Waals surface area contributed by atoms with E-state index in [2.05, 4.69) is 31.0 Å². The van der Waals surface area contributed by atoms with Gasteiger partial charge in [-0.2, -0.15) is 0 Å². The third-order valence-electron chi connectivity index (χ3n) is 4.31. The van der Waals surface area contributed by atoms with Crippen molar-refractivity contribution in [2.45, 2.75) is 104 Å². The number of carbonyl (C=O) groups is 2. The summed E-state index contributed by atoms with van der Waals surface area (Å²) < 4.78 is 0. The van der Waals surface area contributed by atoms with Gasteiger partial charge < -0.3 is 0 Å². The Balaban J connectivity index is 3.30. The van der Waals surface area contributed by atoms with Crippen LogP contribution in [0.15, 0.2) is 24.3 Å². The molecule has 0 rings (SSSR count). The van der Waals surface area contributed by atoms with Crippen molar-refractivity contribution in [2.75, 3.05) is 0 Å². The first kappa shape index (κ1) is 23.6. The van der Waals surface area contributed by atoms with E-state index in [0.29, 0.717) is 12.0 Å². The van der Waals surface area contributed by atoms with Gasteiger partial charge in [0.2, 0.25) is 5.91 Å². The molecule has 0 heterocycles. The molecule has 0 fully saturated rings. The Morgan fingerprint density at radius 3 is 1.80 bits per heavy atom. The molecule has 0 saturated heterocycles. The van der Waals surface area contributed by atoms with Crippen LogP contribution in [0.1, 0.15) is 104 Å². The number of imide groups is 1. The van der Waals surface area contributed by atoms with E-state index in [1.807, 2.05) is 0 Å². The second kappa shape index (κ2) is 17.4. The van der Waals surface area contributed by atoms with E-state index in [1.54, 1.807) is 6.92 Å². The fourth-order valence-electron chi connectivity index (χ4n) is 2.65. The van der Waals surface area contributed by atoms with Gasteiger partial charge in [0, 0.05) is 12.0 Å². The molecule has 0 aromatic carbocycles. The quantitative estimate of drug-likeness (QED) is 0.203. The predicted octanol–water partition coefficient (Wildman–Crippen LogP) is 6.24. The van der Waals surface area contributed by atoms with Gasteiger partial charge in [0.05, 0.1) is 0 Å². The largest absolute Gasteiger partial charge is 0.293 e. The van der Waals surface area contributed by atoms with Crippen LogP contribution in [0.5, 0.6) is 0 Å². The van der Waals surface area contributed by atoms with Crippen LogP contribution < -0.4 is 5.32 Å². The summed E-state index contributed by atoms with van der Waals surface area (Å²) in [5.74, 6) is -0.552. The lowest BCUT2D eigenvalue weighted by Crippen LogP contribution is -2.30. The van der Waals surface area contributed by atoms with Crippen LogP contribution in [0.4, 0.5) is 0 Å². The molecule has 3 heteroatoms. The SMILES string of the molecule is C=C(C)C(=O)NC(=O)CCCCCCC/C=C\CCCCCCCC. The van der Waals surface area contributed by atoms with Gasteiger partial charge in [-0.25, -0.2) is 0 Å². The average Bonchev–Trinajstić information content (AvgIpc) is 2.58. The normalized spacial score (nSPS) is 11.0. The van der Waals surface area contributed by atoms with Gasteiger partial charge in [-0.15, -0.1) is 0 Å². The fourth-order valence-corrected chi connectivity index (χ4v) is 2.65. The smallest absolute Gasteiger partial charge is 0.252 e. The first-order chi connectivity index (χ1) is 12.1. The topological polar surface area (TPSA) is 46.2 Å². The third-order valence-corrected chi connectivity index (χ3v) is 4.31. The Bertz CT molecular complexity index is 399. The van der Waals surface area contributed by atoms with Crippen LogP contribution >= 0.6 is 0 Å². The summed E-state index contributed by atoms with van der Waals surface area (Å²) in [6.45, 7) is 7.37. The van der Waals surface area contributed by atoms with Crippen molar-refractivity contribution < 1.29 is 9.59 Å². The molecule has 0 saturated carbocycles. The number of nitrogens with one attached hydrogen (secondary N) is 1. The van der Waals surface area contributed by atoms with Crippen LogP contribution in [0, 0.1) is 0 Å². The minimum atomic E-state index is -0.363. The minimum Gasteiger partial charge on any atom is -0.293 e. The van der Waals surface area contributed by atoms with E-state index < -0.39 is 0 Å². The molecule has 0 atom stereocenters. The number of unbranched alkanes of at least 4 members (excludes halogenated alkanes) is 11. The Morgan fingerprint density at radius 1 is 0.800 bits per heavy atom. The number of hydrogen-bond acceptors (Lipinski definition) is 2. The molecule has 0 bridgehead atoms. The zero-order valence-corrected chi connectivity index (χ0v) is 16.6. The molecule has 0 radical (unpaired) electrons. The second-order valence-corrected chi connectivity index (χ2v) is 6.99. The highest BCUT2D eigenvalue weighted by Crippen LogP contribution is 2.10. The summed E-state index contributed by atoms with van der Waals surface area (Å²) in [6, 6.07) is 0. The number of amides is 2. The first-order valence-electron chi connectivity index (χ1n) is 10.2. The summed E-state index contributed by atoms with van der Waals surface area (Å²) in [6.07, 6.45) is 21.2. The fraction of sp³-hybridized carbons (Fsp3) is 0.727. The highest BCUT2D eigenvalue weighted by molar-refractivity contribution is 6.03. The van der Waals surface area contributed by atoms with Crippen molar-refractivity contribution in [1.29, 1.82) is 0 Å². The average molecular weight is 350 g/mol. The maximum Gasteiger partial charge on any atom is 0.252 e. The van der Waals surface area contributed by atoms with Crippen LogP contribution in [-0.2, 0) is 9.59 Å². The van der Waals surface area contributed by atoms with E-state index in [1.165, 1.54) is 64.2 Å². The number of hydrogen-bond donors (Lipinski definition) is 1. The van der Waals surface area contributed by atoms with Crippen molar-refractivity contribution in [3.8, 4) is 0 Å². The van der Waals surface area contributed by atoms with Crippen LogP contribution in [0.2, 0.25) is 0 Å². The molecule has 25 heavy (non-hydrogen) atoms. The lowest BCUT2D eigenvalue weighted by atomic mass is 10.1. The van der Waals surface area contributed by atoms with E-state index in [0.717, 1.165) is 19.3 Å². The van der Waals surface area contributed by atoms with Crippen molar-refractivity contribution >= 4 is 11.8 Å². The van der Waals surface area contributed by atoms with Crippen molar-refractivity contribution in [2.24, 2.45) is 0 Å². The predicted molar refractivity (Wildman–Crippen MR) is 107 cm³/mol. The van der Waals surface area contributed by atoms with Gasteiger partial charge in [-0.1, -0.05) is 77.0 Å². The number of rotatable bonds is 16. The Labute approximate surface area is 155 Å². The van der Waals surface area contributed by atoms with Gasteiger partial charge in [-0.3, -0.25) is 14.9 Å². The first-order valence-corrected chi connectivity index (χ1v) is 10.2. The monoisotopic (exact) mass is 349 g/mol. The van der Waals surface area contributed by atoms with Crippen LogP contribution in [0.25, 0.3) is 0 Å². The van der Waals surface area contributed by atoms with Crippen LogP contribution in [-0.4, -0.2) is 11.8 Å². The van der Waals surface area contributed by atoms with Crippen LogP contribution in [0.3, 0.4) is 0 Å². The Hall–Kier alpha value is -1.38. The molecule has 144 valence electrons.